The van der Waals surface area contributed by atoms with Crippen LogP contribution in [-0.2, 0) is 0 Å². The molecule has 2 aromatic carbocycles. The van der Waals surface area contributed by atoms with Crippen LogP contribution in [0.2, 0.25) is 5.02 Å². The van der Waals surface area contributed by atoms with Crippen molar-refractivity contribution in [2.45, 2.75) is 0 Å². The second kappa shape index (κ2) is 3.92. The van der Waals surface area contributed by atoms with E-state index in [0.29, 0.717) is 0 Å². The van der Waals surface area contributed by atoms with Gasteiger partial charge in [0.1, 0.15) is 0 Å². The van der Waals surface area contributed by atoms with Gasteiger partial charge in [-0.15, -0.1) is 0 Å². The van der Waals surface area contributed by atoms with Crippen molar-refractivity contribution >= 4 is 40.8 Å². The van der Waals surface area contributed by atoms with Gasteiger partial charge in [-0.2, -0.15) is 0 Å². The number of halogens is 1. The van der Waals surface area contributed by atoms with E-state index < -0.39 is 0 Å². The number of nitrogens with one attached hydrogen (secondary N) is 1. The highest BCUT2D eigenvalue weighted by Crippen LogP contribution is 2.43. The summed E-state index contributed by atoms with van der Waals surface area (Å²) in [6, 6.07) is 16.1. The molecule has 0 aromatic heterocycles. The van der Waals surface area contributed by atoms with Crippen LogP contribution in [0.3, 0.4) is 0 Å². The normalized spacial score (nSPS) is 13.4. The zero-order chi connectivity index (χ0) is 11.0. The van der Waals surface area contributed by atoms with E-state index in [4.69, 9.17) is 11.6 Å². The van der Waals surface area contributed by atoms with E-state index in [1.54, 1.807) is 12.1 Å². The summed E-state index contributed by atoms with van der Waals surface area (Å²) in [6.45, 7) is 0. The summed E-state index contributed by atoms with van der Waals surface area (Å²) < 4.78 is 5.42. The second-order valence-electron chi connectivity index (χ2n) is 3.48. The first kappa shape index (κ1) is 9.87. The van der Waals surface area contributed by atoms with Crippen molar-refractivity contribution < 1.29 is 0 Å². The predicted molar refractivity (Wildman–Crippen MR) is 71.2 cm³/mol. The maximum absolute atomic E-state index is 5.88. The van der Waals surface area contributed by atoms with E-state index in [-0.39, 0.29) is 0 Å². The Balaban J connectivity index is 2.01. The van der Waals surface area contributed by atoms with Gasteiger partial charge in [0, 0.05) is 5.02 Å². The lowest BCUT2D eigenvalue weighted by Gasteiger charge is -2.15. The predicted octanol–water partition coefficient (Wildman–Crippen LogP) is 4.47. The Morgan fingerprint density at radius 2 is 1.75 bits per heavy atom. The van der Waals surface area contributed by atoms with E-state index in [1.165, 1.54) is 5.69 Å². The number of nitrogens with zero attached hydrogens (tertiary/aromatic N) is 1. The number of hydrogen-bond acceptors (Lipinski definition) is 3. The molecule has 0 saturated heterocycles. The van der Waals surface area contributed by atoms with Crippen LogP contribution < -0.4 is 9.03 Å². The first-order valence-corrected chi connectivity index (χ1v) is 6.07. The molecule has 1 heterocycles. The van der Waals surface area contributed by atoms with Crippen molar-refractivity contribution in [3.05, 3.63) is 53.6 Å². The van der Waals surface area contributed by atoms with Gasteiger partial charge in [-0.05, 0) is 36.4 Å². The molecule has 0 radical (unpaired) electrons. The molecule has 80 valence electrons. The Morgan fingerprint density at radius 1 is 1.00 bits per heavy atom. The quantitative estimate of drug-likeness (QED) is 0.750. The van der Waals surface area contributed by atoms with Crippen LogP contribution in [0.15, 0.2) is 48.5 Å². The summed E-state index contributed by atoms with van der Waals surface area (Å²) in [6.07, 6.45) is 0. The molecule has 0 aliphatic carbocycles. The van der Waals surface area contributed by atoms with Gasteiger partial charge in [0.05, 0.1) is 29.2 Å². The molecule has 0 saturated carbocycles. The number of fused-ring (bicyclic) bond motifs is 1. The SMILES string of the molecule is Clc1ccc(N2SNc3ccccc32)cc1. The van der Waals surface area contributed by atoms with Crippen molar-refractivity contribution in [2.75, 3.05) is 9.03 Å². The van der Waals surface area contributed by atoms with Crippen molar-refractivity contribution in [1.82, 2.24) is 0 Å². The number of benzene rings is 2. The van der Waals surface area contributed by atoms with Gasteiger partial charge in [0.2, 0.25) is 0 Å². The van der Waals surface area contributed by atoms with Crippen LogP contribution in [0.5, 0.6) is 0 Å². The molecule has 0 atom stereocenters. The van der Waals surface area contributed by atoms with Gasteiger partial charge in [-0.3, -0.25) is 4.31 Å². The molecule has 0 fully saturated rings. The van der Waals surface area contributed by atoms with Crippen LogP contribution in [0.25, 0.3) is 0 Å². The van der Waals surface area contributed by atoms with Crippen LogP contribution in [0, 0.1) is 0 Å². The van der Waals surface area contributed by atoms with E-state index in [1.807, 2.05) is 36.4 Å². The summed E-state index contributed by atoms with van der Waals surface area (Å²) in [5, 5.41) is 0.759. The van der Waals surface area contributed by atoms with E-state index >= 15 is 0 Å². The van der Waals surface area contributed by atoms with Gasteiger partial charge < -0.3 is 4.72 Å². The molecule has 1 aliphatic rings. The largest absolute Gasteiger partial charge is 0.310 e. The number of anilines is 3. The minimum atomic E-state index is 0.759. The van der Waals surface area contributed by atoms with Crippen LogP contribution in [0.1, 0.15) is 0 Å². The minimum Gasteiger partial charge on any atom is -0.310 e. The van der Waals surface area contributed by atoms with Crippen molar-refractivity contribution in [3.8, 4) is 0 Å². The average molecular weight is 249 g/mol. The number of para-hydroxylation sites is 2. The molecule has 0 bridgehead atoms. The maximum Gasteiger partial charge on any atom is 0.0782 e. The smallest absolute Gasteiger partial charge is 0.0782 e. The number of hydrogen-bond donors (Lipinski definition) is 1. The average Bonchev–Trinajstić information content (AvgIpc) is 2.74. The molecule has 2 nitrogen and oxygen atoms in total. The lowest BCUT2D eigenvalue weighted by molar-refractivity contribution is 1.46. The highest BCUT2D eigenvalue weighted by molar-refractivity contribution is 8.02. The van der Waals surface area contributed by atoms with Crippen molar-refractivity contribution in [2.24, 2.45) is 0 Å². The lowest BCUT2D eigenvalue weighted by Crippen LogP contribution is -2.01. The highest BCUT2D eigenvalue weighted by atomic mass is 35.5. The summed E-state index contributed by atoms with van der Waals surface area (Å²) in [5.74, 6) is 0. The molecule has 0 amide bonds. The molecule has 16 heavy (non-hydrogen) atoms. The van der Waals surface area contributed by atoms with Gasteiger partial charge in [-0.25, -0.2) is 0 Å². The molecular weight excluding hydrogens is 240 g/mol. The third-order valence-electron chi connectivity index (χ3n) is 2.43. The minimum absolute atomic E-state index is 0.759. The molecule has 3 rings (SSSR count). The third kappa shape index (κ3) is 1.62. The Labute approximate surface area is 103 Å². The summed E-state index contributed by atoms with van der Waals surface area (Å²) >= 11 is 7.45. The Hall–Kier alpha value is -1.32. The standard InChI is InChI=1S/C12H9ClN2S/c13-9-5-7-10(8-6-9)15-12-4-2-1-3-11(12)14-16-15/h1-8,14H. The zero-order valence-electron chi connectivity index (χ0n) is 8.35. The fraction of sp³-hybridized carbons (Fsp3) is 0. The molecule has 4 heteroatoms. The summed E-state index contributed by atoms with van der Waals surface area (Å²) in [7, 11) is 0. The molecular formula is C12H9ClN2S. The van der Waals surface area contributed by atoms with E-state index in [2.05, 4.69) is 21.2 Å². The van der Waals surface area contributed by atoms with Crippen molar-refractivity contribution in [1.29, 1.82) is 0 Å². The van der Waals surface area contributed by atoms with Crippen LogP contribution >= 0.6 is 23.7 Å². The maximum atomic E-state index is 5.88. The summed E-state index contributed by atoms with van der Waals surface area (Å²) in [4.78, 5) is 0. The first-order valence-electron chi connectivity index (χ1n) is 4.92. The molecule has 1 aliphatic heterocycles. The van der Waals surface area contributed by atoms with E-state index in [9.17, 15) is 0 Å². The Bertz CT molecular complexity index is 513. The first-order chi connectivity index (χ1) is 7.84. The second-order valence-corrected chi connectivity index (χ2v) is 4.67. The van der Waals surface area contributed by atoms with Gasteiger partial charge in [-0.1, -0.05) is 23.7 Å². The van der Waals surface area contributed by atoms with Gasteiger partial charge >= 0.3 is 0 Å². The monoisotopic (exact) mass is 248 g/mol. The summed E-state index contributed by atoms with van der Waals surface area (Å²) in [5.41, 5.74) is 3.43. The lowest BCUT2D eigenvalue weighted by atomic mass is 10.2. The molecule has 2 aromatic rings. The van der Waals surface area contributed by atoms with Gasteiger partial charge in [0.15, 0.2) is 0 Å². The topological polar surface area (TPSA) is 15.3 Å². The van der Waals surface area contributed by atoms with Gasteiger partial charge in [0.25, 0.3) is 0 Å². The van der Waals surface area contributed by atoms with Crippen molar-refractivity contribution in [3.63, 3.8) is 0 Å². The van der Waals surface area contributed by atoms with E-state index in [0.717, 1.165) is 16.4 Å². The third-order valence-corrected chi connectivity index (χ3v) is 3.58. The van der Waals surface area contributed by atoms with Crippen LogP contribution in [0.4, 0.5) is 17.1 Å². The fourth-order valence-corrected chi connectivity index (χ4v) is 2.62. The van der Waals surface area contributed by atoms with Crippen LogP contribution in [-0.4, -0.2) is 0 Å². The Morgan fingerprint density at radius 3 is 2.56 bits per heavy atom. The number of rotatable bonds is 1. The molecule has 0 spiro atoms. The molecule has 0 unspecified atom stereocenters. The molecule has 1 N–H and O–H groups in total. The Kier molecular flexibility index (Phi) is 2.42. The zero-order valence-corrected chi connectivity index (χ0v) is 9.92. The highest BCUT2D eigenvalue weighted by Gasteiger charge is 2.20. The fourth-order valence-electron chi connectivity index (χ4n) is 1.65.